The van der Waals surface area contributed by atoms with Crippen molar-refractivity contribution in [3.8, 4) is 0 Å². The van der Waals surface area contributed by atoms with Gasteiger partial charge in [0, 0.05) is 24.3 Å². The van der Waals surface area contributed by atoms with Crippen molar-refractivity contribution in [1.82, 2.24) is 9.80 Å². The summed E-state index contributed by atoms with van der Waals surface area (Å²) in [7, 11) is 0. The lowest BCUT2D eigenvalue weighted by Gasteiger charge is -2.51. The first kappa shape index (κ1) is 22.0. The Balaban J connectivity index is 1.31. The van der Waals surface area contributed by atoms with Crippen molar-refractivity contribution in [3.63, 3.8) is 0 Å². The second-order valence-corrected chi connectivity index (χ2v) is 12.4. The lowest BCUT2D eigenvalue weighted by molar-refractivity contribution is -0.0984. The molecule has 4 fully saturated rings. The number of rotatable bonds is 3. The molecule has 0 aliphatic carbocycles. The minimum atomic E-state index is 0.233. The van der Waals surface area contributed by atoms with E-state index in [1.54, 1.807) is 0 Å². The van der Waals surface area contributed by atoms with Gasteiger partial charge in [0.05, 0.1) is 12.7 Å². The topological polar surface area (TPSA) is 24.9 Å². The molecule has 0 amide bonds. The van der Waals surface area contributed by atoms with Gasteiger partial charge in [-0.3, -0.25) is 9.80 Å². The summed E-state index contributed by atoms with van der Waals surface area (Å²) in [6.07, 6.45) is 10.8. The first-order valence-corrected chi connectivity index (χ1v) is 12.3. The predicted octanol–water partition coefficient (Wildman–Crippen LogP) is 4.72. The van der Waals surface area contributed by atoms with Crippen LogP contribution in [0.25, 0.3) is 0 Å². The minimum Gasteiger partial charge on any atom is -0.381 e. The van der Waals surface area contributed by atoms with Gasteiger partial charge in [0.15, 0.2) is 0 Å². The quantitative estimate of drug-likeness (QED) is 0.677. The Hall–Kier alpha value is -0.160. The smallest absolute Gasteiger partial charge is 0.0597 e. The van der Waals surface area contributed by atoms with E-state index in [4.69, 9.17) is 9.47 Å². The van der Waals surface area contributed by atoms with Crippen LogP contribution in [0.5, 0.6) is 0 Å². The maximum atomic E-state index is 6.36. The van der Waals surface area contributed by atoms with Gasteiger partial charge in [0.2, 0.25) is 0 Å². The van der Waals surface area contributed by atoms with Crippen LogP contribution in [0.3, 0.4) is 0 Å². The van der Waals surface area contributed by atoms with E-state index in [9.17, 15) is 0 Å². The summed E-state index contributed by atoms with van der Waals surface area (Å²) < 4.78 is 12.1. The standard InChI is InChI=1S/C25H46N2O2/c1-22(2,3)26-12-6-24(7-13-26)11-17-29-21(19-24)18-23(4,5)27-14-8-25(9-15-27)10-16-28-20-25/h21H,6-20H2,1-5H3. The summed E-state index contributed by atoms with van der Waals surface area (Å²) in [5.74, 6) is 0. The zero-order chi connectivity index (χ0) is 20.8. The molecule has 29 heavy (non-hydrogen) atoms. The van der Waals surface area contributed by atoms with Gasteiger partial charge in [-0.2, -0.15) is 0 Å². The summed E-state index contributed by atoms with van der Waals surface area (Å²) >= 11 is 0. The molecule has 4 aliphatic heterocycles. The fourth-order valence-corrected chi connectivity index (χ4v) is 6.64. The second-order valence-electron chi connectivity index (χ2n) is 12.4. The molecule has 4 heterocycles. The van der Waals surface area contributed by atoms with Gasteiger partial charge in [0.1, 0.15) is 0 Å². The van der Waals surface area contributed by atoms with Crippen LogP contribution in [-0.2, 0) is 9.47 Å². The monoisotopic (exact) mass is 406 g/mol. The maximum absolute atomic E-state index is 6.36. The highest BCUT2D eigenvalue weighted by Crippen LogP contribution is 2.46. The molecule has 0 saturated carbocycles. The molecule has 4 rings (SSSR count). The molecule has 168 valence electrons. The Bertz CT molecular complexity index is 544. The molecular weight excluding hydrogens is 360 g/mol. The highest BCUT2D eigenvalue weighted by molar-refractivity contribution is 4.97. The molecular formula is C25H46N2O2. The lowest BCUT2D eigenvalue weighted by atomic mass is 9.69. The Morgan fingerprint density at radius 2 is 1.34 bits per heavy atom. The Morgan fingerprint density at radius 3 is 1.93 bits per heavy atom. The Morgan fingerprint density at radius 1 is 0.759 bits per heavy atom. The van der Waals surface area contributed by atoms with Gasteiger partial charge >= 0.3 is 0 Å². The SMILES string of the molecule is CC(C)(C)N1CCC2(CCOC(CC(C)(C)N3CCC4(CCOC4)CC3)C2)CC1. The van der Waals surface area contributed by atoms with E-state index in [-0.39, 0.29) is 5.54 Å². The number of hydrogen-bond acceptors (Lipinski definition) is 4. The van der Waals surface area contributed by atoms with Crippen molar-refractivity contribution in [2.24, 2.45) is 10.8 Å². The first-order valence-electron chi connectivity index (χ1n) is 12.3. The molecule has 4 saturated heterocycles. The molecule has 2 spiro atoms. The van der Waals surface area contributed by atoms with Crippen molar-refractivity contribution >= 4 is 0 Å². The summed E-state index contributed by atoms with van der Waals surface area (Å²) in [5.41, 5.74) is 1.58. The third kappa shape index (κ3) is 4.86. The zero-order valence-electron chi connectivity index (χ0n) is 19.9. The molecule has 0 aromatic carbocycles. The van der Waals surface area contributed by atoms with Crippen molar-refractivity contribution in [3.05, 3.63) is 0 Å². The highest BCUT2D eigenvalue weighted by Gasteiger charge is 2.45. The van der Waals surface area contributed by atoms with Gasteiger partial charge in [-0.25, -0.2) is 0 Å². The average Bonchev–Trinajstić information content (AvgIpc) is 3.09. The van der Waals surface area contributed by atoms with Gasteiger partial charge in [0.25, 0.3) is 0 Å². The van der Waals surface area contributed by atoms with E-state index >= 15 is 0 Å². The summed E-state index contributed by atoms with van der Waals surface area (Å²) in [6, 6.07) is 0. The van der Waals surface area contributed by atoms with Crippen molar-refractivity contribution in [2.45, 2.75) is 103 Å². The van der Waals surface area contributed by atoms with Crippen molar-refractivity contribution in [2.75, 3.05) is 46.0 Å². The minimum absolute atomic E-state index is 0.233. The molecule has 0 aromatic rings. The van der Waals surface area contributed by atoms with E-state index in [1.165, 1.54) is 77.5 Å². The fraction of sp³-hybridized carbons (Fsp3) is 1.00. The van der Waals surface area contributed by atoms with Crippen LogP contribution >= 0.6 is 0 Å². The number of piperidine rings is 2. The van der Waals surface area contributed by atoms with E-state index < -0.39 is 0 Å². The Labute approximate surface area is 179 Å². The molecule has 0 aromatic heterocycles. The zero-order valence-corrected chi connectivity index (χ0v) is 19.9. The fourth-order valence-electron chi connectivity index (χ4n) is 6.64. The van der Waals surface area contributed by atoms with Crippen LogP contribution in [-0.4, -0.2) is 73.0 Å². The molecule has 0 radical (unpaired) electrons. The molecule has 0 bridgehead atoms. The highest BCUT2D eigenvalue weighted by atomic mass is 16.5. The van der Waals surface area contributed by atoms with Crippen LogP contribution in [0, 0.1) is 10.8 Å². The number of hydrogen-bond donors (Lipinski definition) is 0. The molecule has 1 unspecified atom stereocenters. The van der Waals surface area contributed by atoms with Gasteiger partial charge in [-0.05, 0) is 123 Å². The maximum Gasteiger partial charge on any atom is 0.0597 e. The molecule has 4 nitrogen and oxygen atoms in total. The van der Waals surface area contributed by atoms with Crippen LogP contribution in [0.2, 0.25) is 0 Å². The summed E-state index contributed by atoms with van der Waals surface area (Å²) in [5, 5.41) is 0. The van der Waals surface area contributed by atoms with Crippen LogP contribution < -0.4 is 0 Å². The van der Waals surface area contributed by atoms with Gasteiger partial charge in [-0.15, -0.1) is 0 Å². The normalized spacial score (nSPS) is 31.6. The van der Waals surface area contributed by atoms with E-state index in [0.717, 1.165) is 19.8 Å². The number of nitrogens with zero attached hydrogens (tertiary/aromatic N) is 2. The van der Waals surface area contributed by atoms with Crippen molar-refractivity contribution < 1.29 is 9.47 Å². The molecule has 1 atom stereocenters. The second kappa shape index (κ2) is 8.07. The van der Waals surface area contributed by atoms with Crippen LogP contribution in [0.1, 0.15) is 86.0 Å². The van der Waals surface area contributed by atoms with E-state index in [1.807, 2.05) is 0 Å². The van der Waals surface area contributed by atoms with Crippen LogP contribution in [0.15, 0.2) is 0 Å². The summed E-state index contributed by atoms with van der Waals surface area (Å²) in [4.78, 5) is 5.44. The number of ether oxygens (including phenoxy) is 2. The van der Waals surface area contributed by atoms with Gasteiger partial charge in [-0.1, -0.05) is 0 Å². The van der Waals surface area contributed by atoms with Crippen LogP contribution in [0.4, 0.5) is 0 Å². The third-order valence-electron chi connectivity index (χ3n) is 9.01. The molecule has 4 heteroatoms. The molecule has 4 aliphatic rings. The third-order valence-corrected chi connectivity index (χ3v) is 9.01. The first-order chi connectivity index (χ1) is 13.6. The van der Waals surface area contributed by atoms with E-state index in [0.29, 0.717) is 22.5 Å². The Kier molecular flexibility index (Phi) is 6.14. The molecule has 0 N–H and O–H groups in total. The largest absolute Gasteiger partial charge is 0.381 e. The summed E-state index contributed by atoms with van der Waals surface area (Å²) in [6.45, 7) is 19.9. The van der Waals surface area contributed by atoms with Crippen molar-refractivity contribution in [1.29, 1.82) is 0 Å². The number of likely N-dealkylation sites (tertiary alicyclic amines) is 2. The average molecular weight is 407 g/mol. The van der Waals surface area contributed by atoms with E-state index in [2.05, 4.69) is 44.4 Å². The predicted molar refractivity (Wildman–Crippen MR) is 119 cm³/mol. The van der Waals surface area contributed by atoms with Gasteiger partial charge < -0.3 is 9.47 Å². The lowest BCUT2D eigenvalue weighted by Crippen LogP contribution is -2.54.